The first-order valence-corrected chi connectivity index (χ1v) is 7.98. The third-order valence-electron chi connectivity index (χ3n) is 3.69. The molecular weight excluding hydrogens is 294 g/mol. The first-order valence-electron chi connectivity index (χ1n) is 7.98. The molecule has 1 saturated heterocycles. The second kappa shape index (κ2) is 8.59. The summed E-state index contributed by atoms with van der Waals surface area (Å²) in [5, 5.41) is 8.40. The molecule has 1 fully saturated rings. The molecule has 1 aromatic rings. The van der Waals surface area contributed by atoms with Crippen LogP contribution >= 0.6 is 0 Å². The average Bonchev–Trinajstić information content (AvgIpc) is 2.54. The van der Waals surface area contributed by atoms with Gasteiger partial charge in [-0.3, -0.25) is 20.0 Å². The van der Waals surface area contributed by atoms with Crippen molar-refractivity contribution in [3.8, 4) is 0 Å². The van der Waals surface area contributed by atoms with Crippen LogP contribution in [0.5, 0.6) is 0 Å². The van der Waals surface area contributed by atoms with Crippen molar-refractivity contribution >= 4 is 11.9 Å². The number of pyridine rings is 1. The molecule has 0 radical (unpaired) electrons. The molecule has 7 heteroatoms. The van der Waals surface area contributed by atoms with Crippen LogP contribution in [0.25, 0.3) is 0 Å². The molecular formula is C16H25N5O2. The van der Waals surface area contributed by atoms with Gasteiger partial charge in [-0.05, 0) is 17.5 Å². The number of hydrogen-bond donors (Lipinski definition) is 3. The second-order valence-electron chi connectivity index (χ2n) is 6.13. The zero-order valence-corrected chi connectivity index (χ0v) is 13.7. The van der Waals surface area contributed by atoms with Gasteiger partial charge < -0.3 is 10.6 Å². The standard InChI is InChI=1S/C16H25N5O2/c1-12(2)8-19-16(23)20-15(22)11-21-7-6-18-10-14(21)13-4-3-5-17-9-13/h3-5,9,12,14,18H,6-8,10-11H2,1-2H3,(H2,19,20,22,23). The number of aromatic nitrogens is 1. The van der Waals surface area contributed by atoms with Gasteiger partial charge >= 0.3 is 6.03 Å². The molecule has 1 atom stereocenters. The van der Waals surface area contributed by atoms with Gasteiger partial charge in [-0.15, -0.1) is 0 Å². The van der Waals surface area contributed by atoms with Crippen molar-refractivity contribution in [2.45, 2.75) is 19.9 Å². The number of urea groups is 1. The minimum atomic E-state index is -0.434. The van der Waals surface area contributed by atoms with Gasteiger partial charge in [0.15, 0.2) is 0 Å². The molecule has 0 spiro atoms. The van der Waals surface area contributed by atoms with Gasteiger partial charge in [0.1, 0.15) is 0 Å². The third-order valence-corrected chi connectivity index (χ3v) is 3.69. The Labute approximate surface area is 136 Å². The lowest BCUT2D eigenvalue weighted by molar-refractivity contribution is -0.122. The number of nitrogens with one attached hydrogen (secondary N) is 3. The predicted octanol–water partition coefficient (Wildman–Crippen LogP) is 0.510. The maximum atomic E-state index is 12.1. The first kappa shape index (κ1) is 17.4. The van der Waals surface area contributed by atoms with Gasteiger partial charge in [0, 0.05) is 44.6 Å². The number of hydrogen-bond acceptors (Lipinski definition) is 5. The summed E-state index contributed by atoms with van der Waals surface area (Å²) in [5.41, 5.74) is 1.07. The number of imide groups is 1. The lowest BCUT2D eigenvalue weighted by atomic mass is 10.1. The number of nitrogens with zero attached hydrogens (tertiary/aromatic N) is 2. The van der Waals surface area contributed by atoms with E-state index < -0.39 is 6.03 Å². The Kier molecular flexibility index (Phi) is 6.49. The van der Waals surface area contributed by atoms with E-state index in [2.05, 4.69) is 25.8 Å². The Morgan fingerprint density at radius 3 is 3.00 bits per heavy atom. The quantitative estimate of drug-likeness (QED) is 0.736. The summed E-state index contributed by atoms with van der Waals surface area (Å²) in [5.74, 6) is 0.0565. The average molecular weight is 319 g/mol. The van der Waals surface area contributed by atoms with Crippen LogP contribution in [-0.4, -0.2) is 54.5 Å². The zero-order valence-electron chi connectivity index (χ0n) is 13.7. The SMILES string of the molecule is CC(C)CNC(=O)NC(=O)CN1CCNCC1c1cccnc1. The van der Waals surface area contributed by atoms with Gasteiger partial charge in [0.25, 0.3) is 0 Å². The van der Waals surface area contributed by atoms with Crippen LogP contribution in [0.1, 0.15) is 25.5 Å². The summed E-state index contributed by atoms with van der Waals surface area (Å²) in [6.07, 6.45) is 3.55. The summed E-state index contributed by atoms with van der Waals surface area (Å²) >= 11 is 0. The Morgan fingerprint density at radius 1 is 1.48 bits per heavy atom. The monoisotopic (exact) mass is 319 g/mol. The highest BCUT2D eigenvalue weighted by molar-refractivity contribution is 5.95. The topological polar surface area (TPSA) is 86.4 Å². The Bertz CT molecular complexity index is 520. The maximum absolute atomic E-state index is 12.1. The molecule has 3 N–H and O–H groups in total. The molecule has 1 unspecified atom stereocenters. The summed E-state index contributed by atoms with van der Waals surface area (Å²) in [6, 6.07) is 3.55. The molecule has 0 bridgehead atoms. The molecule has 7 nitrogen and oxygen atoms in total. The molecule has 0 aliphatic carbocycles. The van der Waals surface area contributed by atoms with Crippen LogP contribution < -0.4 is 16.0 Å². The van der Waals surface area contributed by atoms with Crippen molar-refractivity contribution < 1.29 is 9.59 Å². The van der Waals surface area contributed by atoms with Gasteiger partial charge in [0.05, 0.1) is 6.54 Å². The smallest absolute Gasteiger partial charge is 0.321 e. The fourth-order valence-corrected chi connectivity index (χ4v) is 2.53. The molecule has 1 aliphatic heterocycles. The summed E-state index contributed by atoms with van der Waals surface area (Å²) in [6.45, 7) is 7.08. The fraction of sp³-hybridized carbons (Fsp3) is 0.562. The van der Waals surface area contributed by atoms with E-state index in [1.54, 1.807) is 6.20 Å². The highest BCUT2D eigenvalue weighted by Crippen LogP contribution is 2.20. The highest BCUT2D eigenvalue weighted by atomic mass is 16.2. The van der Waals surface area contributed by atoms with Crippen LogP contribution in [0.2, 0.25) is 0 Å². The number of carbonyl (C=O) groups is 2. The lowest BCUT2D eigenvalue weighted by Crippen LogP contribution is -2.51. The van der Waals surface area contributed by atoms with Gasteiger partial charge in [0.2, 0.25) is 5.91 Å². The minimum Gasteiger partial charge on any atom is -0.338 e. The van der Waals surface area contributed by atoms with Crippen LogP contribution in [0.3, 0.4) is 0 Å². The van der Waals surface area contributed by atoms with E-state index >= 15 is 0 Å². The largest absolute Gasteiger partial charge is 0.338 e. The maximum Gasteiger partial charge on any atom is 0.321 e. The van der Waals surface area contributed by atoms with Crippen molar-refractivity contribution in [1.82, 2.24) is 25.8 Å². The zero-order chi connectivity index (χ0) is 16.7. The highest BCUT2D eigenvalue weighted by Gasteiger charge is 2.26. The summed E-state index contributed by atoms with van der Waals surface area (Å²) < 4.78 is 0. The molecule has 126 valence electrons. The van der Waals surface area contributed by atoms with Crippen molar-refractivity contribution in [3.63, 3.8) is 0 Å². The van der Waals surface area contributed by atoms with E-state index in [9.17, 15) is 9.59 Å². The molecule has 1 aromatic heterocycles. The first-order chi connectivity index (χ1) is 11.1. The fourth-order valence-electron chi connectivity index (χ4n) is 2.53. The molecule has 2 heterocycles. The van der Waals surface area contributed by atoms with Gasteiger partial charge in [-0.2, -0.15) is 0 Å². The molecule has 23 heavy (non-hydrogen) atoms. The van der Waals surface area contributed by atoms with E-state index in [1.807, 2.05) is 32.2 Å². The molecule has 2 rings (SSSR count). The van der Waals surface area contributed by atoms with Crippen LogP contribution in [-0.2, 0) is 4.79 Å². The number of amides is 3. The Balaban J connectivity index is 1.89. The van der Waals surface area contributed by atoms with Crippen molar-refractivity contribution in [1.29, 1.82) is 0 Å². The Morgan fingerprint density at radius 2 is 2.30 bits per heavy atom. The van der Waals surface area contributed by atoms with E-state index in [-0.39, 0.29) is 18.5 Å². The van der Waals surface area contributed by atoms with Crippen LogP contribution in [0.15, 0.2) is 24.5 Å². The van der Waals surface area contributed by atoms with Crippen molar-refractivity contribution in [2.75, 3.05) is 32.7 Å². The van der Waals surface area contributed by atoms with Gasteiger partial charge in [-0.25, -0.2) is 4.79 Å². The normalized spacial score (nSPS) is 18.7. The van der Waals surface area contributed by atoms with E-state index in [1.165, 1.54) is 0 Å². The van der Waals surface area contributed by atoms with Crippen LogP contribution in [0, 0.1) is 5.92 Å². The van der Waals surface area contributed by atoms with Crippen molar-refractivity contribution in [3.05, 3.63) is 30.1 Å². The lowest BCUT2D eigenvalue weighted by Gasteiger charge is -2.35. The number of rotatable bonds is 5. The van der Waals surface area contributed by atoms with E-state index in [0.29, 0.717) is 12.5 Å². The molecule has 0 saturated carbocycles. The Hall–Kier alpha value is -1.99. The van der Waals surface area contributed by atoms with E-state index in [0.717, 1.165) is 25.2 Å². The second-order valence-corrected chi connectivity index (χ2v) is 6.13. The molecule has 1 aliphatic rings. The van der Waals surface area contributed by atoms with Crippen LogP contribution in [0.4, 0.5) is 4.79 Å². The van der Waals surface area contributed by atoms with E-state index in [4.69, 9.17) is 0 Å². The number of piperazine rings is 1. The third kappa shape index (κ3) is 5.61. The van der Waals surface area contributed by atoms with Crippen molar-refractivity contribution in [2.24, 2.45) is 5.92 Å². The minimum absolute atomic E-state index is 0.0851. The summed E-state index contributed by atoms with van der Waals surface area (Å²) in [4.78, 5) is 30.0. The summed E-state index contributed by atoms with van der Waals surface area (Å²) in [7, 11) is 0. The number of carbonyl (C=O) groups excluding carboxylic acids is 2. The molecule has 0 aromatic carbocycles. The molecule has 3 amide bonds. The predicted molar refractivity (Wildman–Crippen MR) is 87.8 cm³/mol. The van der Waals surface area contributed by atoms with Gasteiger partial charge in [-0.1, -0.05) is 19.9 Å².